The van der Waals surface area contributed by atoms with Crippen molar-refractivity contribution in [2.24, 2.45) is 0 Å². The van der Waals surface area contributed by atoms with Crippen LogP contribution in [0, 0.1) is 0 Å². The molecule has 1 aliphatic rings. The Balaban J connectivity index is 2.88. The van der Waals surface area contributed by atoms with Crippen LogP contribution in [0.25, 0.3) is 0 Å². The van der Waals surface area contributed by atoms with Gasteiger partial charge in [0.15, 0.2) is 0 Å². The Hall–Kier alpha value is -0.383. The fourth-order valence-electron chi connectivity index (χ4n) is 1.91. The van der Waals surface area contributed by atoms with Crippen LogP contribution in [0.1, 0.15) is 13.8 Å². The van der Waals surface area contributed by atoms with E-state index in [9.17, 15) is 0 Å². The lowest BCUT2D eigenvalue weighted by atomic mass is 10.5. The molecule has 0 radical (unpaired) electrons. The molecule has 0 bridgehead atoms. The van der Waals surface area contributed by atoms with E-state index in [0.717, 1.165) is 0 Å². The zero-order valence-corrected chi connectivity index (χ0v) is 9.78. The van der Waals surface area contributed by atoms with Crippen LogP contribution in [0.3, 0.4) is 0 Å². The van der Waals surface area contributed by atoms with E-state index in [2.05, 4.69) is 38.2 Å². The molecule has 0 spiro atoms. The highest BCUT2D eigenvalue weighted by atomic mass is 28.4. The van der Waals surface area contributed by atoms with E-state index in [1.54, 1.807) is 14.2 Å². The van der Waals surface area contributed by atoms with E-state index in [4.69, 9.17) is 8.85 Å². The topological polar surface area (TPSA) is 18.5 Å². The summed E-state index contributed by atoms with van der Waals surface area (Å²) in [4.78, 5) is 0. The molecular formula is C10H18O2Si. The van der Waals surface area contributed by atoms with Gasteiger partial charge in [-0.15, -0.1) is 0 Å². The number of allylic oxidation sites excluding steroid dienone is 4. The van der Waals surface area contributed by atoms with Crippen LogP contribution < -0.4 is 0 Å². The third kappa shape index (κ3) is 1.77. The second-order valence-corrected chi connectivity index (χ2v) is 7.66. The van der Waals surface area contributed by atoms with Gasteiger partial charge in [0.25, 0.3) is 0 Å². The Kier molecular flexibility index (Phi) is 3.47. The third-order valence-electron chi connectivity index (χ3n) is 2.66. The predicted molar refractivity (Wildman–Crippen MR) is 56.9 cm³/mol. The van der Waals surface area contributed by atoms with Crippen molar-refractivity contribution < 1.29 is 8.85 Å². The molecule has 0 aromatic rings. The fourth-order valence-corrected chi connectivity index (χ4v) is 5.09. The average molecular weight is 198 g/mol. The number of rotatable bonds is 4. The summed E-state index contributed by atoms with van der Waals surface area (Å²) >= 11 is 0. The Bertz CT molecular complexity index is 205. The highest BCUT2D eigenvalue weighted by Crippen LogP contribution is 2.37. The summed E-state index contributed by atoms with van der Waals surface area (Å²) in [6.45, 7) is 4.33. The van der Waals surface area contributed by atoms with Gasteiger partial charge in [0, 0.05) is 19.8 Å². The van der Waals surface area contributed by atoms with E-state index in [1.165, 1.54) is 0 Å². The predicted octanol–water partition coefficient (Wildman–Crippen LogP) is 2.63. The second-order valence-electron chi connectivity index (χ2n) is 3.58. The SMILES string of the molecule is CO[Si](OC)(C(C)C)C1C=CC=C1. The van der Waals surface area contributed by atoms with Crippen molar-refractivity contribution in [1.29, 1.82) is 0 Å². The van der Waals surface area contributed by atoms with E-state index < -0.39 is 8.56 Å². The van der Waals surface area contributed by atoms with E-state index in [0.29, 0.717) is 11.1 Å². The van der Waals surface area contributed by atoms with E-state index in [-0.39, 0.29) is 0 Å². The first-order valence-corrected chi connectivity index (χ1v) is 6.59. The highest BCUT2D eigenvalue weighted by Gasteiger charge is 2.45. The normalized spacial score (nSPS) is 17.6. The van der Waals surface area contributed by atoms with Gasteiger partial charge >= 0.3 is 8.56 Å². The molecule has 1 aliphatic carbocycles. The maximum absolute atomic E-state index is 5.65. The molecule has 0 fully saturated rings. The minimum Gasteiger partial charge on any atom is -0.397 e. The quantitative estimate of drug-likeness (QED) is 0.647. The summed E-state index contributed by atoms with van der Waals surface area (Å²) in [7, 11) is 1.46. The van der Waals surface area contributed by atoms with Gasteiger partial charge in [0.1, 0.15) is 0 Å². The average Bonchev–Trinajstić information content (AvgIpc) is 2.60. The molecule has 0 aromatic carbocycles. The first-order valence-electron chi connectivity index (χ1n) is 4.62. The summed E-state index contributed by atoms with van der Waals surface area (Å²) in [5.41, 5.74) is 0.822. The van der Waals surface area contributed by atoms with Crippen LogP contribution in [0.15, 0.2) is 24.3 Å². The van der Waals surface area contributed by atoms with Crippen molar-refractivity contribution in [2.45, 2.75) is 24.9 Å². The van der Waals surface area contributed by atoms with Crippen molar-refractivity contribution in [3.05, 3.63) is 24.3 Å². The first-order chi connectivity index (χ1) is 6.17. The standard InChI is InChI=1S/C10H18O2Si/c1-9(2)13(11-3,12-4)10-7-5-6-8-10/h5-10H,1-4H3. The van der Waals surface area contributed by atoms with Crippen molar-refractivity contribution >= 4 is 8.56 Å². The molecule has 0 atom stereocenters. The van der Waals surface area contributed by atoms with E-state index >= 15 is 0 Å². The van der Waals surface area contributed by atoms with Crippen molar-refractivity contribution in [1.82, 2.24) is 0 Å². The lowest BCUT2D eigenvalue weighted by Crippen LogP contribution is -2.46. The summed E-state index contributed by atoms with van der Waals surface area (Å²) < 4.78 is 11.3. The van der Waals surface area contributed by atoms with Crippen LogP contribution in [0.2, 0.25) is 11.1 Å². The summed E-state index contributed by atoms with van der Waals surface area (Å²) in [5, 5.41) is 0. The van der Waals surface area contributed by atoms with Gasteiger partial charge < -0.3 is 8.85 Å². The summed E-state index contributed by atoms with van der Waals surface area (Å²) in [6.07, 6.45) is 8.46. The molecule has 0 saturated carbocycles. The molecule has 0 heterocycles. The molecule has 74 valence electrons. The van der Waals surface area contributed by atoms with Crippen LogP contribution >= 0.6 is 0 Å². The van der Waals surface area contributed by atoms with Crippen LogP contribution in [-0.4, -0.2) is 22.8 Å². The maximum atomic E-state index is 5.65. The molecule has 2 nitrogen and oxygen atoms in total. The Morgan fingerprint density at radius 3 is 1.85 bits per heavy atom. The van der Waals surface area contributed by atoms with Crippen LogP contribution in [-0.2, 0) is 8.85 Å². The number of hydrogen-bond donors (Lipinski definition) is 0. The Labute approximate surface area is 81.5 Å². The first kappa shape index (κ1) is 10.7. The van der Waals surface area contributed by atoms with Gasteiger partial charge in [-0.05, 0) is 5.54 Å². The van der Waals surface area contributed by atoms with Gasteiger partial charge in [-0.3, -0.25) is 0 Å². The molecule has 0 aliphatic heterocycles. The fraction of sp³-hybridized carbons (Fsp3) is 0.600. The molecule has 1 rings (SSSR count). The van der Waals surface area contributed by atoms with Crippen molar-refractivity contribution in [3.63, 3.8) is 0 Å². The van der Waals surface area contributed by atoms with Gasteiger partial charge in [0.2, 0.25) is 0 Å². The molecule has 0 aromatic heterocycles. The zero-order chi connectivity index (χ0) is 9.90. The van der Waals surface area contributed by atoms with Crippen molar-refractivity contribution in [2.75, 3.05) is 14.2 Å². The smallest absolute Gasteiger partial charge is 0.351 e. The molecule has 13 heavy (non-hydrogen) atoms. The minimum atomic E-state index is -2.06. The van der Waals surface area contributed by atoms with Crippen molar-refractivity contribution in [3.8, 4) is 0 Å². The highest BCUT2D eigenvalue weighted by molar-refractivity contribution is 6.71. The van der Waals surface area contributed by atoms with Crippen LogP contribution in [0.4, 0.5) is 0 Å². The summed E-state index contributed by atoms with van der Waals surface area (Å²) in [5.74, 6) is 0. The molecule has 3 heteroatoms. The van der Waals surface area contributed by atoms with Gasteiger partial charge in [-0.2, -0.15) is 0 Å². The summed E-state index contributed by atoms with van der Waals surface area (Å²) in [6, 6.07) is 0. The molecule has 0 unspecified atom stereocenters. The monoisotopic (exact) mass is 198 g/mol. The largest absolute Gasteiger partial charge is 0.397 e. The van der Waals surface area contributed by atoms with E-state index in [1.807, 2.05) is 0 Å². The lowest BCUT2D eigenvalue weighted by molar-refractivity contribution is 0.230. The zero-order valence-electron chi connectivity index (χ0n) is 8.78. The molecule has 0 amide bonds. The Morgan fingerprint density at radius 1 is 1.08 bits per heavy atom. The van der Waals surface area contributed by atoms with Gasteiger partial charge in [-0.1, -0.05) is 38.2 Å². The van der Waals surface area contributed by atoms with Crippen LogP contribution in [0.5, 0.6) is 0 Å². The lowest BCUT2D eigenvalue weighted by Gasteiger charge is -2.34. The Morgan fingerprint density at radius 2 is 1.54 bits per heavy atom. The maximum Gasteiger partial charge on any atom is 0.351 e. The van der Waals surface area contributed by atoms with Gasteiger partial charge in [-0.25, -0.2) is 0 Å². The second kappa shape index (κ2) is 4.22. The third-order valence-corrected chi connectivity index (χ3v) is 6.86. The molecule has 0 saturated heterocycles. The van der Waals surface area contributed by atoms with Gasteiger partial charge in [0.05, 0.1) is 0 Å². The number of hydrogen-bond acceptors (Lipinski definition) is 2. The molecular weight excluding hydrogens is 180 g/mol. The minimum absolute atomic E-state index is 0.363. The molecule has 0 N–H and O–H groups in total.